The lowest BCUT2D eigenvalue weighted by Crippen LogP contribution is -2.06. The van der Waals surface area contributed by atoms with E-state index in [0.717, 1.165) is 5.56 Å². The third kappa shape index (κ3) is 3.69. The van der Waals surface area contributed by atoms with Crippen molar-refractivity contribution in [2.75, 3.05) is 6.26 Å². The Balaban J connectivity index is 0.000000791. The Kier molecular flexibility index (Phi) is 5.18. The Hall–Kier alpha value is -0.520. The quantitative estimate of drug-likeness (QED) is 0.804. The van der Waals surface area contributed by atoms with E-state index in [2.05, 4.69) is 5.10 Å². The second-order valence-electron chi connectivity index (χ2n) is 3.12. The number of aromatic nitrogens is 2. The van der Waals surface area contributed by atoms with Crippen molar-refractivity contribution < 1.29 is 9.11 Å². The van der Waals surface area contributed by atoms with Crippen LogP contribution in [0, 0.1) is 0 Å². The molecule has 0 aliphatic carbocycles. The number of hydrogen-bond donors (Lipinski definition) is 2. The lowest BCUT2D eigenvalue weighted by Gasteiger charge is -2.26. The van der Waals surface area contributed by atoms with E-state index in [1.807, 2.05) is 27.7 Å². The molecule has 0 fully saturated rings. The molecule has 1 heterocycles. The molecular weight excluding hydrogens is 200 g/mol. The SMILES string of the molecule is CC.CC(C)c1cnn(S(C)(O)O)c1. The molecule has 1 aromatic rings. The fourth-order valence-electron chi connectivity index (χ4n) is 0.805. The minimum atomic E-state index is -2.71. The van der Waals surface area contributed by atoms with Crippen LogP contribution in [-0.2, 0) is 0 Å². The van der Waals surface area contributed by atoms with E-state index in [1.165, 1.54) is 10.3 Å². The Morgan fingerprint density at radius 3 is 2.07 bits per heavy atom. The lowest BCUT2D eigenvalue weighted by atomic mass is 10.1. The molecule has 0 aliphatic heterocycles. The van der Waals surface area contributed by atoms with Gasteiger partial charge in [0.2, 0.25) is 0 Å². The van der Waals surface area contributed by atoms with Crippen molar-refractivity contribution in [2.45, 2.75) is 33.6 Å². The summed E-state index contributed by atoms with van der Waals surface area (Å²) in [5.74, 6) is 0.362. The first kappa shape index (κ1) is 13.5. The van der Waals surface area contributed by atoms with Gasteiger partial charge in [-0.25, -0.2) is 0 Å². The highest BCUT2D eigenvalue weighted by atomic mass is 32.3. The standard InChI is InChI=1S/C7H14N2O2S.C2H6/c1-6(2)7-4-8-9(5-7)12(3,10)11;1-2/h4-6,10-11H,1-3H3;1-2H3. The monoisotopic (exact) mass is 220 g/mol. The molecule has 0 amide bonds. The van der Waals surface area contributed by atoms with E-state index in [9.17, 15) is 9.11 Å². The van der Waals surface area contributed by atoms with E-state index in [4.69, 9.17) is 0 Å². The van der Waals surface area contributed by atoms with Crippen LogP contribution in [0.3, 0.4) is 0 Å². The molecule has 0 bridgehead atoms. The van der Waals surface area contributed by atoms with Gasteiger partial charge >= 0.3 is 0 Å². The average molecular weight is 220 g/mol. The summed E-state index contributed by atoms with van der Waals surface area (Å²) in [4.78, 5) is 0. The van der Waals surface area contributed by atoms with Crippen molar-refractivity contribution in [1.82, 2.24) is 9.19 Å². The van der Waals surface area contributed by atoms with Gasteiger partial charge in [0, 0.05) is 6.26 Å². The van der Waals surface area contributed by atoms with Crippen LogP contribution in [0.4, 0.5) is 0 Å². The van der Waals surface area contributed by atoms with E-state index < -0.39 is 10.8 Å². The molecule has 84 valence electrons. The predicted molar refractivity (Wildman–Crippen MR) is 61.8 cm³/mol. The number of hydrogen-bond acceptors (Lipinski definition) is 3. The van der Waals surface area contributed by atoms with Crippen molar-refractivity contribution in [3.63, 3.8) is 0 Å². The van der Waals surface area contributed by atoms with Gasteiger partial charge in [0.15, 0.2) is 0 Å². The molecule has 2 N–H and O–H groups in total. The smallest absolute Gasteiger partial charge is 0.0543 e. The van der Waals surface area contributed by atoms with Gasteiger partial charge < -0.3 is 0 Å². The largest absolute Gasteiger partial charge is 0.281 e. The second kappa shape index (κ2) is 5.38. The van der Waals surface area contributed by atoms with Crippen molar-refractivity contribution in [1.29, 1.82) is 0 Å². The molecular formula is C9H20N2O2S. The molecule has 0 spiro atoms. The highest BCUT2D eigenvalue weighted by Crippen LogP contribution is 2.34. The maximum absolute atomic E-state index is 9.22. The summed E-state index contributed by atoms with van der Waals surface area (Å²) in [5, 5.41) is 3.86. The van der Waals surface area contributed by atoms with E-state index in [-0.39, 0.29) is 0 Å². The van der Waals surface area contributed by atoms with Crippen LogP contribution in [0.2, 0.25) is 0 Å². The molecule has 0 aromatic carbocycles. The van der Waals surface area contributed by atoms with Gasteiger partial charge in [-0.3, -0.25) is 9.11 Å². The van der Waals surface area contributed by atoms with E-state index in [0.29, 0.717) is 5.92 Å². The van der Waals surface area contributed by atoms with Crippen LogP contribution in [0.25, 0.3) is 0 Å². The Morgan fingerprint density at radius 1 is 1.36 bits per heavy atom. The first-order valence-electron chi connectivity index (χ1n) is 4.69. The first-order chi connectivity index (χ1) is 6.41. The summed E-state index contributed by atoms with van der Waals surface area (Å²) < 4.78 is 19.7. The third-order valence-corrected chi connectivity index (χ3v) is 2.51. The van der Waals surface area contributed by atoms with E-state index in [1.54, 1.807) is 12.4 Å². The summed E-state index contributed by atoms with van der Waals surface area (Å²) in [6.45, 7) is 8.06. The minimum absolute atomic E-state index is 0.362. The first-order valence-corrected chi connectivity index (χ1v) is 6.61. The zero-order chi connectivity index (χ0) is 11.4. The Labute approximate surface area is 87.4 Å². The van der Waals surface area contributed by atoms with Gasteiger partial charge in [0.1, 0.15) is 0 Å². The zero-order valence-corrected chi connectivity index (χ0v) is 10.2. The highest BCUT2D eigenvalue weighted by molar-refractivity contribution is 8.22. The summed E-state index contributed by atoms with van der Waals surface area (Å²) in [6.07, 6.45) is 4.67. The second-order valence-corrected chi connectivity index (χ2v) is 5.08. The fraction of sp³-hybridized carbons (Fsp3) is 0.667. The van der Waals surface area contributed by atoms with Gasteiger partial charge in [-0.2, -0.15) is 9.19 Å². The molecule has 4 nitrogen and oxygen atoms in total. The molecule has 0 saturated carbocycles. The van der Waals surface area contributed by atoms with Crippen LogP contribution >= 0.6 is 10.8 Å². The van der Waals surface area contributed by atoms with Crippen LogP contribution in [0.1, 0.15) is 39.2 Å². The molecule has 1 aromatic heterocycles. The topological polar surface area (TPSA) is 58.3 Å². The third-order valence-electron chi connectivity index (χ3n) is 1.60. The van der Waals surface area contributed by atoms with Crippen LogP contribution in [0.15, 0.2) is 12.4 Å². The van der Waals surface area contributed by atoms with Crippen LogP contribution < -0.4 is 0 Å². The molecule has 5 heteroatoms. The van der Waals surface area contributed by atoms with Gasteiger partial charge in [-0.05, 0) is 11.5 Å². The minimum Gasteiger partial charge on any atom is -0.281 e. The van der Waals surface area contributed by atoms with Crippen molar-refractivity contribution in [2.24, 2.45) is 0 Å². The lowest BCUT2D eigenvalue weighted by molar-refractivity contribution is 0.476. The fourth-order valence-corrected chi connectivity index (χ4v) is 1.35. The number of nitrogens with zero attached hydrogens (tertiary/aromatic N) is 2. The molecule has 0 atom stereocenters. The van der Waals surface area contributed by atoms with Gasteiger partial charge in [-0.15, -0.1) is 10.8 Å². The normalized spacial score (nSPS) is 12.3. The maximum atomic E-state index is 9.22. The summed E-state index contributed by atoms with van der Waals surface area (Å²) in [5.41, 5.74) is 1.01. The number of rotatable bonds is 2. The highest BCUT2D eigenvalue weighted by Gasteiger charge is 2.10. The van der Waals surface area contributed by atoms with Gasteiger partial charge in [-0.1, -0.05) is 27.7 Å². The Bertz CT molecular complexity index is 266. The molecule has 1 rings (SSSR count). The molecule has 0 aliphatic rings. The van der Waals surface area contributed by atoms with E-state index >= 15 is 0 Å². The molecule has 14 heavy (non-hydrogen) atoms. The maximum Gasteiger partial charge on any atom is 0.0543 e. The summed E-state index contributed by atoms with van der Waals surface area (Å²) in [7, 11) is -2.71. The summed E-state index contributed by atoms with van der Waals surface area (Å²) >= 11 is 0. The summed E-state index contributed by atoms with van der Waals surface area (Å²) in [6, 6.07) is 0. The van der Waals surface area contributed by atoms with Crippen LogP contribution in [0.5, 0.6) is 0 Å². The van der Waals surface area contributed by atoms with Gasteiger partial charge in [0.05, 0.1) is 12.4 Å². The van der Waals surface area contributed by atoms with Gasteiger partial charge in [0.25, 0.3) is 0 Å². The van der Waals surface area contributed by atoms with Crippen molar-refractivity contribution in [3.8, 4) is 0 Å². The molecule has 0 saturated heterocycles. The molecule has 0 radical (unpaired) electrons. The van der Waals surface area contributed by atoms with Crippen LogP contribution in [-0.4, -0.2) is 24.5 Å². The van der Waals surface area contributed by atoms with Crippen molar-refractivity contribution in [3.05, 3.63) is 18.0 Å². The predicted octanol–water partition coefficient (Wildman–Crippen LogP) is 3.18. The molecule has 0 unspecified atom stereocenters. The van der Waals surface area contributed by atoms with Crippen molar-refractivity contribution >= 4 is 10.8 Å². The zero-order valence-electron chi connectivity index (χ0n) is 9.43. The Morgan fingerprint density at radius 2 is 1.86 bits per heavy atom. The average Bonchev–Trinajstić information content (AvgIpc) is 2.54.